The van der Waals surface area contributed by atoms with Crippen LogP contribution in [0.2, 0.25) is 0 Å². The summed E-state index contributed by atoms with van der Waals surface area (Å²) < 4.78 is 6.00. The molecular weight excluding hydrogens is 300 g/mol. The van der Waals surface area contributed by atoms with Crippen LogP contribution in [0.3, 0.4) is 0 Å². The topological polar surface area (TPSA) is 41.6 Å². The van der Waals surface area contributed by atoms with Gasteiger partial charge in [-0.2, -0.15) is 0 Å². The number of piperidine rings is 1. The number of carbonyl (C=O) groups excluding carboxylic acids is 1. The lowest BCUT2D eigenvalue weighted by atomic mass is 9.83. The molecule has 4 nitrogen and oxygen atoms in total. The average molecular weight is 328 g/mol. The summed E-state index contributed by atoms with van der Waals surface area (Å²) in [6.45, 7) is 4.91. The number of carbonyl (C=O) groups is 1. The molecule has 0 aromatic heterocycles. The molecule has 0 radical (unpaired) electrons. The number of amides is 1. The highest BCUT2D eigenvalue weighted by Gasteiger charge is 2.41. The van der Waals surface area contributed by atoms with Crippen molar-refractivity contribution in [3.63, 3.8) is 0 Å². The smallest absolute Gasteiger partial charge is 0.222 e. The molecule has 2 heterocycles. The lowest BCUT2D eigenvalue weighted by molar-refractivity contribution is -0.123. The summed E-state index contributed by atoms with van der Waals surface area (Å²) in [6, 6.07) is 10.7. The Morgan fingerprint density at radius 2 is 2.04 bits per heavy atom. The Bertz CT molecular complexity index is 558. The van der Waals surface area contributed by atoms with Crippen LogP contribution in [0.1, 0.15) is 31.2 Å². The van der Waals surface area contributed by atoms with Crippen LogP contribution in [0.15, 0.2) is 30.3 Å². The van der Waals surface area contributed by atoms with Gasteiger partial charge in [-0.25, -0.2) is 0 Å². The van der Waals surface area contributed by atoms with Crippen molar-refractivity contribution in [1.82, 2.24) is 10.2 Å². The molecule has 2 aliphatic heterocycles. The van der Waals surface area contributed by atoms with Gasteiger partial charge in [-0.3, -0.25) is 9.69 Å². The minimum atomic E-state index is 0.132. The maximum atomic E-state index is 12.1. The summed E-state index contributed by atoms with van der Waals surface area (Å²) >= 11 is 0. The van der Waals surface area contributed by atoms with E-state index in [4.69, 9.17) is 4.74 Å². The van der Waals surface area contributed by atoms with Crippen LogP contribution >= 0.6 is 0 Å². The summed E-state index contributed by atoms with van der Waals surface area (Å²) in [5, 5.41) is 3.08. The molecule has 4 heteroatoms. The molecule has 1 aromatic carbocycles. The molecule has 0 bridgehead atoms. The molecular formula is C20H28N2O2. The maximum Gasteiger partial charge on any atom is 0.222 e. The largest absolute Gasteiger partial charge is 0.377 e. The Balaban J connectivity index is 1.25. The van der Waals surface area contributed by atoms with E-state index in [2.05, 4.69) is 40.5 Å². The van der Waals surface area contributed by atoms with Gasteiger partial charge in [0.25, 0.3) is 0 Å². The number of nitrogens with one attached hydrogen (secondary N) is 1. The first kappa shape index (κ1) is 16.1. The zero-order valence-corrected chi connectivity index (χ0v) is 14.3. The number of likely N-dealkylation sites (tertiary alicyclic amines) is 1. The number of nitrogens with zero attached hydrogens (tertiary/aromatic N) is 1. The predicted molar refractivity (Wildman–Crippen MR) is 93.4 cm³/mol. The second kappa shape index (κ2) is 7.24. The van der Waals surface area contributed by atoms with Gasteiger partial charge in [0.15, 0.2) is 0 Å². The van der Waals surface area contributed by atoms with Crippen molar-refractivity contribution in [2.24, 2.45) is 17.8 Å². The molecule has 1 aromatic rings. The highest BCUT2D eigenvalue weighted by Crippen LogP contribution is 2.36. The number of hydrogen-bond donors (Lipinski definition) is 1. The maximum absolute atomic E-state index is 12.1. The third kappa shape index (κ3) is 3.98. The van der Waals surface area contributed by atoms with Crippen molar-refractivity contribution in [2.75, 3.05) is 26.2 Å². The summed E-state index contributed by atoms with van der Waals surface area (Å²) in [5.41, 5.74) is 1.38. The van der Waals surface area contributed by atoms with E-state index < -0.39 is 0 Å². The Kier molecular flexibility index (Phi) is 4.86. The van der Waals surface area contributed by atoms with E-state index in [-0.39, 0.29) is 12.0 Å². The zero-order valence-electron chi connectivity index (χ0n) is 14.3. The molecule has 3 fully saturated rings. The molecule has 130 valence electrons. The monoisotopic (exact) mass is 328 g/mol. The fourth-order valence-corrected chi connectivity index (χ4v) is 4.19. The van der Waals surface area contributed by atoms with Crippen LogP contribution in [0, 0.1) is 17.8 Å². The standard InChI is InChI=1S/C20H28N2O2/c23-20(21-11-15-6-7-15)10-19-18-8-9-22(13-17(18)14-24-19)12-16-4-2-1-3-5-16/h1-5,15,17-19H,6-14H2,(H,21,23)/t17-,18-,19-/m1/s1. The molecule has 0 spiro atoms. The molecule has 1 saturated carbocycles. The first-order valence-electron chi connectivity index (χ1n) is 9.42. The molecule has 1 aliphatic carbocycles. The van der Waals surface area contributed by atoms with Gasteiger partial charge in [-0.05, 0) is 43.2 Å². The number of rotatable bonds is 6. The Morgan fingerprint density at radius 1 is 1.21 bits per heavy atom. The Labute approximate surface area is 144 Å². The summed E-state index contributed by atoms with van der Waals surface area (Å²) in [6.07, 6.45) is 4.39. The second-order valence-corrected chi connectivity index (χ2v) is 7.76. The summed E-state index contributed by atoms with van der Waals surface area (Å²) in [4.78, 5) is 14.6. The van der Waals surface area contributed by atoms with E-state index in [0.717, 1.165) is 45.1 Å². The lowest BCUT2D eigenvalue weighted by Gasteiger charge is -2.35. The molecule has 4 rings (SSSR count). The quantitative estimate of drug-likeness (QED) is 0.872. The van der Waals surface area contributed by atoms with Crippen molar-refractivity contribution in [1.29, 1.82) is 0 Å². The van der Waals surface area contributed by atoms with Crippen molar-refractivity contribution < 1.29 is 9.53 Å². The predicted octanol–water partition coefficient (Wildman–Crippen LogP) is 2.44. The van der Waals surface area contributed by atoms with E-state index in [0.29, 0.717) is 18.3 Å². The van der Waals surface area contributed by atoms with Crippen LogP contribution in [0.25, 0.3) is 0 Å². The molecule has 1 amide bonds. The van der Waals surface area contributed by atoms with Crippen LogP contribution in [-0.2, 0) is 16.1 Å². The molecule has 24 heavy (non-hydrogen) atoms. The van der Waals surface area contributed by atoms with E-state index in [1.165, 1.54) is 18.4 Å². The van der Waals surface area contributed by atoms with E-state index in [9.17, 15) is 4.79 Å². The van der Waals surface area contributed by atoms with Gasteiger partial charge >= 0.3 is 0 Å². The molecule has 1 N–H and O–H groups in total. The summed E-state index contributed by atoms with van der Waals surface area (Å²) in [5.74, 6) is 2.07. The van der Waals surface area contributed by atoms with Gasteiger partial charge in [0, 0.05) is 25.6 Å². The van der Waals surface area contributed by atoms with Gasteiger partial charge < -0.3 is 10.1 Å². The van der Waals surface area contributed by atoms with Crippen molar-refractivity contribution in [2.45, 2.75) is 38.3 Å². The highest BCUT2D eigenvalue weighted by atomic mass is 16.5. The number of ether oxygens (including phenoxy) is 1. The molecule has 2 saturated heterocycles. The van der Waals surface area contributed by atoms with Crippen molar-refractivity contribution >= 4 is 5.91 Å². The molecule has 3 atom stereocenters. The van der Waals surface area contributed by atoms with Crippen LogP contribution < -0.4 is 5.32 Å². The minimum Gasteiger partial charge on any atom is -0.377 e. The van der Waals surface area contributed by atoms with Gasteiger partial charge in [-0.15, -0.1) is 0 Å². The van der Waals surface area contributed by atoms with Crippen LogP contribution in [0.5, 0.6) is 0 Å². The second-order valence-electron chi connectivity index (χ2n) is 7.76. The minimum absolute atomic E-state index is 0.132. The first-order chi connectivity index (χ1) is 11.8. The fourth-order valence-electron chi connectivity index (χ4n) is 4.19. The molecule has 3 aliphatic rings. The average Bonchev–Trinajstić information content (AvgIpc) is 3.35. The van der Waals surface area contributed by atoms with E-state index >= 15 is 0 Å². The normalized spacial score (nSPS) is 30.1. The third-order valence-electron chi connectivity index (χ3n) is 5.80. The first-order valence-corrected chi connectivity index (χ1v) is 9.42. The highest BCUT2D eigenvalue weighted by molar-refractivity contribution is 5.76. The number of fused-ring (bicyclic) bond motifs is 1. The van der Waals surface area contributed by atoms with Crippen LogP contribution in [0.4, 0.5) is 0 Å². The third-order valence-corrected chi connectivity index (χ3v) is 5.80. The lowest BCUT2D eigenvalue weighted by Crippen LogP contribution is -2.42. The van der Waals surface area contributed by atoms with Gasteiger partial charge in [0.1, 0.15) is 0 Å². The van der Waals surface area contributed by atoms with Crippen molar-refractivity contribution in [3.05, 3.63) is 35.9 Å². The van der Waals surface area contributed by atoms with Gasteiger partial charge in [-0.1, -0.05) is 30.3 Å². The fraction of sp³-hybridized carbons (Fsp3) is 0.650. The van der Waals surface area contributed by atoms with Crippen molar-refractivity contribution in [3.8, 4) is 0 Å². The Morgan fingerprint density at radius 3 is 2.83 bits per heavy atom. The van der Waals surface area contributed by atoms with E-state index in [1.54, 1.807) is 0 Å². The van der Waals surface area contributed by atoms with E-state index in [1.807, 2.05) is 0 Å². The molecule has 0 unspecified atom stereocenters. The SMILES string of the molecule is O=C(C[C@H]1OC[C@H]2CN(Cc3ccccc3)CC[C@H]21)NCC1CC1. The van der Waals surface area contributed by atoms with Gasteiger partial charge in [0.05, 0.1) is 19.1 Å². The number of benzene rings is 1. The van der Waals surface area contributed by atoms with Crippen LogP contribution in [-0.4, -0.2) is 43.2 Å². The Hall–Kier alpha value is -1.39. The van der Waals surface area contributed by atoms with Gasteiger partial charge in [0.2, 0.25) is 5.91 Å². The zero-order chi connectivity index (χ0) is 16.4. The summed E-state index contributed by atoms with van der Waals surface area (Å²) in [7, 11) is 0. The number of hydrogen-bond acceptors (Lipinski definition) is 3.